The molecule has 3 heteroatoms. The molecule has 0 radical (unpaired) electrons. The Bertz CT molecular complexity index is 496. The summed E-state index contributed by atoms with van der Waals surface area (Å²) in [5.41, 5.74) is 8.31. The second-order valence-corrected chi connectivity index (χ2v) is 4.70. The molecule has 0 saturated carbocycles. The van der Waals surface area contributed by atoms with Crippen molar-refractivity contribution in [1.29, 1.82) is 0 Å². The van der Waals surface area contributed by atoms with Gasteiger partial charge in [0, 0.05) is 25.3 Å². The third-order valence-corrected chi connectivity index (χ3v) is 3.27. The average Bonchev–Trinajstić information content (AvgIpc) is 2.46. The Labute approximate surface area is 113 Å². The summed E-state index contributed by atoms with van der Waals surface area (Å²) in [6.45, 7) is 0.835. The molecular weight excluding hydrogens is 239 g/mol. The van der Waals surface area contributed by atoms with E-state index in [0.29, 0.717) is 0 Å². The van der Waals surface area contributed by atoms with Crippen LogP contribution < -0.4 is 10.6 Å². The van der Waals surface area contributed by atoms with Crippen molar-refractivity contribution in [2.75, 3.05) is 18.5 Å². The molecular formula is C16H19FN2. The zero-order valence-corrected chi connectivity index (χ0v) is 11.1. The minimum absolute atomic E-state index is 0.0316. The van der Waals surface area contributed by atoms with E-state index in [1.165, 1.54) is 12.1 Å². The van der Waals surface area contributed by atoms with E-state index in [1.807, 2.05) is 37.4 Å². The van der Waals surface area contributed by atoms with Gasteiger partial charge < -0.3 is 10.6 Å². The van der Waals surface area contributed by atoms with Crippen molar-refractivity contribution in [3.63, 3.8) is 0 Å². The highest BCUT2D eigenvalue weighted by atomic mass is 19.1. The molecule has 0 bridgehead atoms. The standard InChI is InChI=1S/C16H19FN2/c1-19(15-9-7-14(17)8-10-15)12-11-16(18)13-5-3-2-4-6-13/h2-10,16H,11-12,18H2,1H3. The van der Waals surface area contributed by atoms with E-state index in [0.717, 1.165) is 24.2 Å². The molecule has 0 fully saturated rings. The number of nitrogens with two attached hydrogens (primary N) is 1. The van der Waals surface area contributed by atoms with Crippen LogP contribution >= 0.6 is 0 Å². The molecule has 2 rings (SSSR count). The predicted molar refractivity (Wildman–Crippen MR) is 77.7 cm³/mol. The summed E-state index contributed by atoms with van der Waals surface area (Å²) in [5.74, 6) is -0.210. The third kappa shape index (κ3) is 3.80. The molecule has 1 atom stereocenters. The van der Waals surface area contributed by atoms with Gasteiger partial charge in [-0.2, -0.15) is 0 Å². The number of hydrogen-bond donors (Lipinski definition) is 1. The van der Waals surface area contributed by atoms with Crippen LogP contribution in [0.25, 0.3) is 0 Å². The van der Waals surface area contributed by atoms with Crippen LogP contribution in [0.15, 0.2) is 54.6 Å². The first-order chi connectivity index (χ1) is 9.16. The first-order valence-corrected chi connectivity index (χ1v) is 6.44. The normalized spacial score (nSPS) is 12.2. The molecule has 100 valence electrons. The predicted octanol–water partition coefficient (Wildman–Crippen LogP) is 3.35. The molecule has 1 unspecified atom stereocenters. The minimum Gasteiger partial charge on any atom is -0.375 e. The van der Waals surface area contributed by atoms with E-state index in [9.17, 15) is 4.39 Å². The summed E-state index contributed by atoms with van der Waals surface area (Å²) in [6.07, 6.45) is 0.859. The number of nitrogens with zero attached hydrogens (tertiary/aromatic N) is 1. The van der Waals surface area contributed by atoms with Crippen molar-refractivity contribution in [3.8, 4) is 0 Å². The van der Waals surface area contributed by atoms with Crippen LogP contribution in [-0.4, -0.2) is 13.6 Å². The van der Waals surface area contributed by atoms with Gasteiger partial charge in [-0.05, 0) is 36.2 Å². The largest absolute Gasteiger partial charge is 0.375 e. The lowest BCUT2D eigenvalue weighted by Crippen LogP contribution is -2.23. The van der Waals surface area contributed by atoms with Crippen molar-refractivity contribution in [1.82, 2.24) is 0 Å². The molecule has 0 heterocycles. The molecule has 0 aliphatic carbocycles. The maximum Gasteiger partial charge on any atom is 0.123 e. The number of benzene rings is 2. The van der Waals surface area contributed by atoms with Crippen LogP contribution in [0.2, 0.25) is 0 Å². The van der Waals surface area contributed by atoms with Gasteiger partial charge in [-0.15, -0.1) is 0 Å². The molecule has 0 aliphatic rings. The Balaban J connectivity index is 1.90. The number of rotatable bonds is 5. The summed E-state index contributed by atoms with van der Waals surface area (Å²) in [5, 5.41) is 0. The molecule has 19 heavy (non-hydrogen) atoms. The minimum atomic E-state index is -0.210. The van der Waals surface area contributed by atoms with Gasteiger partial charge in [0.25, 0.3) is 0 Å². The fourth-order valence-corrected chi connectivity index (χ4v) is 2.02. The molecule has 0 saturated heterocycles. The summed E-state index contributed by atoms with van der Waals surface area (Å²) < 4.78 is 12.8. The van der Waals surface area contributed by atoms with Gasteiger partial charge in [0.1, 0.15) is 5.82 Å². The molecule has 2 aromatic carbocycles. The molecule has 0 aliphatic heterocycles. The smallest absolute Gasteiger partial charge is 0.123 e. The molecule has 2 nitrogen and oxygen atoms in total. The number of anilines is 1. The lowest BCUT2D eigenvalue weighted by atomic mass is 10.0. The van der Waals surface area contributed by atoms with Crippen LogP contribution in [0.5, 0.6) is 0 Å². The van der Waals surface area contributed by atoms with E-state index in [4.69, 9.17) is 5.73 Å². The van der Waals surface area contributed by atoms with Crippen molar-refractivity contribution in [2.45, 2.75) is 12.5 Å². The Kier molecular flexibility index (Phi) is 4.53. The lowest BCUT2D eigenvalue weighted by Gasteiger charge is -2.21. The highest BCUT2D eigenvalue weighted by Gasteiger charge is 2.07. The first-order valence-electron chi connectivity index (χ1n) is 6.44. The highest BCUT2D eigenvalue weighted by Crippen LogP contribution is 2.17. The topological polar surface area (TPSA) is 29.3 Å². The fraction of sp³-hybridized carbons (Fsp3) is 0.250. The number of halogens is 1. The van der Waals surface area contributed by atoms with E-state index in [2.05, 4.69) is 4.90 Å². The maximum absolute atomic E-state index is 12.8. The van der Waals surface area contributed by atoms with Crippen LogP contribution in [0.4, 0.5) is 10.1 Å². The van der Waals surface area contributed by atoms with Gasteiger partial charge in [-0.1, -0.05) is 30.3 Å². The Hall–Kier alpha value is -1.87. The lowest BCUT2D eigenvalue weighted by molar-refractivity contribution is 0.626. The van der Waals surface area contributed by atoms with Gasteiger partial charge in [0.15, 0.2) is 0 Å². The molecule has 2 aromatic rings. The fourth-order valence-electron chi connectivity index (χ4n) is 2.02. The van der Waals surface area contributed by atoms with Crippen molar-refractivity contribution in [2.24, 2.45) is 5.73 Å². The highest BCUT2D eigenvalue weighted by molar-refractivity contribution is 5.45. The second kappa shape index (κ2) is 6.34. The van der Waals surface area contributed by atoms with Crippen LogP contribution in [0.1, 0.15) is 18.0 Å². The van der Waals surface area contributed by atoms with Crippen molar-refractivity contribution in [3.05, 3.63) is 66.0 Å². The first kappa shape index (κ1) is 13.6. The van der Waals surface area contributed by atoms with Gasteiger partial charge >= 0.3 is 0 Å². The SMILES string of the molecule is CN(CCC(N)c1ccccc1)c1ccc(F)cc1. The van der Waals surface area contributed by atoms with Crippen LogP contribution in [0, 0.1) is 5.82 Å². The monoisotopic (exact) mass is 258 g/mol. The van der Waals surface area contributed by atoms with E-state index in [1.54, 1.807) is 12.1 Å². The summed E-state index contributed by atoms with van der Waals surface area (Å²) >= 11 is 0. The third-order valence-electron chi connectivity index (χ3n) is 3.27. The van der Waals surface area contributed by atoms with Crippen molar-refractivity contribution >= 4 is 5.69 Å². The molecule has 2 N–H and O–H groups in total. The van der Waals surface area contributed by atoms with Crippen molar-refractivity contribution < 1.29 is 4.39 Å². The van der Waals surface area contributed by atoms with Crippen LogP contribution in [0.3, 0.4) is 0 Å². The molecule has 0 aromatic heterocycles. The number of hydrogen-bond acceptors (Lipinski definition) is 2. The summed E-state index contributed by atoms with van der Waals surface area (Å²) in [7, 11) is 1.99. The summed E-state index contributed by atoms with van der Waals surface area (Å²) in [6, 6.07) is 16.6. The molecule has 0 amide bonds. The van der Waals surface area contributed by atoms with E-state index >= 15 is 0 Å². The Morgan fingerprint density at radius 1 is 1.05 bits per heavy atom. The van der Waals surface area contributed by atoms with E-state index in [-0.39, 0.29) is 11.9 Å². The Morgan fingerprint density at radius 2 is 1.68 bits per heavy atom. The quantitative estimate of drug-likeness (QED) is 0.891. The summed E-state index contributed by atoms with van der Waals surface area (Å²) in [4.78, 5) is 2.09. The second-order valence-electron chi connectivity index (χ2n) is 4.70. The maximum atomic E-state index is 12.8. The van der Waals surface area contributed by atoms with E-state index < -0.39 is 0 Å². The zero-order valence-electron chi connectivity index (χ0n) is 11.1. The van der Waals surface area contributed by atoms with Gasteiger partial charge in [-0.3, -0.25) is 0 Å². The van der Waals surface area contributed by atoms with Gasteiger partial charge in [-0.25, -0.2) is 4.39 Å². The van der Waals surface area contributed by atoms with Gasteiger partial charge in [0.2, 0.25) is 0 Å². The Morgan fingerprint density at radius 3 is 2.32 bits per heavy atom. The van der Waals surface area contributed by atoms with Gasteiger partial charge in [0.05, 0.1) is 0 Å². The molecule has 0 spiro atoms. The average molecular weight is 258 g/mol. The van der Waals surface area contributed by atoms with Crippen LogP contribution in [-0.2, 0) is 0 Å². The zero-order chi connectivity index (χ0) is 13.7.